The maximum atomic E-state index is 14.4. The molecule has 0 aliphatic rings. The SMILES string of the molecule is Cn1nc(C(C)(C)C)cc1-c1nc2cc(-c3c(F)cccc3C(F)(F)F)ccc2[n-]1.[Na+]. The van der Waals surface area contributed by atoms with Crippen molar-refractivity contribution in [3.05, 3.63) is 59.5 Å². The Kier molecular flexibility index (Phi) is 6.12. The Morgan fingerprint density at radius 2 is 1.71 bits per heavy atom. The summed E-state index contributed by atoms with van der Waals surface area (Å²) < 4.78 is 56.2. The quantitative estimate of drug-likeness (QED) is 0.357. The van der Waals surface area contributed by atoms with E-state index in [2.05, 4.69) is 15.1 Å². The van der Waals surface area contributed by atoms with Gasteiger partial charge in [0.15, 0.2) is 0 Å². The zero-order valence-electron chi connectivity index (χ0n) is 17.8. The largest absolute Gasteiger partial charge is 1.00 e. The van der Waals surface area contributed by atoms with Gasteiger partial charge in [0, 0.05) is 18.0 Å². The summed E-state index contributed by atoms with van der Waals surface area (Å²) in [4.78, 5) is 8.95. The molecule has 2 aromatic carbocycles. The molecule has 0 atom stereocenters. The molecule has 0 aliphatic carbocycles. The van der Waals surface area contributed by atoms with Crippen LogP contribution in [0.3, 0.4) is 0 Å². The van der Waals surface area contributed by atoms with Gasteiger partial charge >= 0.3 is 35.7 Å². The number of benzene rings is 2. The number of halogens is 4. The number of rotatable bonds is 2. The van der Waals surface area contributed by atoms with E-state index >= 15 is 0 Å². The van der Waals surface area contributed by atoms with Crippen molar-refractivity contribution in [3.8, 4) is 22.6 Å². The second-order valence-corrected chi connectivity index (χ2v) is 8.20. The van der Waals surface area contributed by atoms with Crippen LogP contribution in [0.15, 0.2) is 42.5 Å². The molecule has 0 fully saturated rings. The first-order valence-electron chi connectivity index (χ1n) is 9.30. The Labute approximate surface area is 199 Å². The first-order valence-corrected chi connectivity index (χ1v) is 9.30. The molecule has 0 saturated heterocycles. The minimum absolute atomic E-state index is 0. The van der Waals surface area contributed by atoms with E-state index in [1.54, 1.807) is 17.8 Å². The zero-order chi connectivity index (χ0) is 21.8. The van der Waals surface area contributed by atoms with Crippen LogP contribution >= 0.6 is 0 Å². The summed E-state index contributed by atoms with van der Waals surface area (Å²) in [5.41, 5.74) is 0.883. The van der Waals surface area contributed by atoms with Crippen molar-refractivity contribution in [1.82, 2.24) is 19.7 Å². The van der Waals surface area contributed by atoms with E-state index in [1.807, 2.05) is 26.8 Å². The van der Waals surface area contributed by atoms with Gasteiger partial charge in [-0.05, 0) is 40.6 Å². The fraction of sp³-hybridized carbons (Fsp3) is 0.273. The molecule has 0 aliphatic heterocycles. The molecule has 0 spiro atoms. The maximum Gasteiger partial charge on any atom is 1.00 e. The van der Waals surface area contributed by atoms with Crippen LogP contribution in [0, 0.1) is 5.82 Å². The third kappa shape index (κ3) is 4.42. The molecular weight excluding hydrogens is 419 g/mol. The van der Waals surface area contributed by atoms with E-state index in [1.165, 1.54) is 12.1 Å². The molecule has 4 nitrogen and oxygen atoms in total. The molecule has 0 amide bonds. The maximum absolute atomic E-state index is 14.4. The van der Waals surface area contributed by atoms with Crippen LogP contribution in [-0.4, -0.2) is 14.8 Å². The first kappa shape index (κ1) is 23.5. The molecule has 0 radical (unpaired) electrons. The number of alkyl halides is 3. The topological polar surface area (TPSA) is 44.8 Å². The number of aryl methyl sites for hydroxylation is 1. The molecule has 0 bridgehead atoms. The smallest absolute Gasteiger partial charge is 0.434 e. The van der Waals surface area contributed by atoms with Crippen molar-refractivity contribution in [2.45, 2.75) is 32.4 Å². The second-order valence-electron chi connectivity index (χ2n) is 8.20. The summed E-state index contributed by atoms with van der Waals surface area (Å²) >= 11 is 0. The van der Waals surface area contributed by atoms with Crippen LogP contribution < -0.4 is 34.5 Å². The van der Waals surface area contributed by atoms with E-state index in [4.69, 9.17) is 0 Å². The van der Waals surface area contributed by atoms with E-state index in [-0.39, 0.29) is 40.5 Å². The Bertz CT molecular complexity index is 1250. The van der Waals surface area contributed by atoms with Gasteiger partial charge in [-0.2, -0.15) is 18.3 Å². The number of aromatic nitrogens is 4. The zero-order valence-corrected chi connectivity index (χ0v) is 19.8. The number of fused-ring (bicyclic) bond motifs is 1. The van der Waals surface area contributed by atoms with Crippen molar-refractivity contribution in [2.75, 3.05) is 0 Å². The summed E-state index contributed by atoms with van der Waals surface area (Å²) in [5.74, 6) is -0.525. The predicted octanol–water partition coefficient (Wildman–Crippen LogP) is 2.72. The monoisotopic (exact) mass is 438 g/mol. The van der Waals surface area contributed by atoms with Crippen LogP contribution in [0.4, 0.5) is 17.6 Å². The van der Waals surface area contributed by atoms with Crippen molar-refractivity contribution >= 4 is 11.0 Å². The summed E-state index contributed by atoms with van der Waals surface area (Å²) in [6.07, 6.45) is -4.67. The Hall–Kier alpha value is -2.16. The average molecular weight is 438 g/mol. The fourth-order valence-corrected chi connectivity index (χ4v) is 3.33. The van der Waals surface area contributed by atoms with Gasteiger partial charge in [0.25, 0.3) is 0 Å². The van der Waals surface area contributed by atoms with Crippen LogP contribution in [0.2, 0.25) is 0 Å². The van der Waals surface area contributed by atoms with E-state index in [0.717, 1.165) is 23.9 Å². The molecule has 0 saturated carbocycles. The van der Waals surface area contributed by atoms with Gasteiger partial charge in [-0.3, -0.25) is 4.68 Å². The van der Waals surface area contributed by atoms with E-state index in [9.17, 15) is 17.6 Å². The number of hydrogen-bond acceptors (Lipinski definition) is 2. The van der Waals surface area contributed by atoms with E-state index < -0.39 is 23.1 Å². The summed E-state index contributed by atoms with van der Waals surface area (Å²) in [6, 6.07) is 9.24. The third-order valence-electron chi connectivity index (χ3n) is 4.91. The number of hydrogen-bond donors (Lipinski definition) is 0. The first-order chi connectivity index (χ1) is 13.9. The van der Waals surface area contributed by atoms with Crippen LogP contribution in [0.1, 0.15) is 32.0 Å². The van der Waals surface area contributed by atoms with Crippen molar-refractivity contribution in [3.63, 3.8) is 0 Å². The molecule has 0 N–H and O–H groups in total. The Morgan fingerprint density at radius 1 is 1.00 bits per heavy atom. The normalized spacial score (nSPS) is 12.3. The molecule has 31 heavy (non-hydrogen) atoms. The van der Waals surface area contributed by atoms with Gasteiger partial charge in [0.05, 0.1) is 17.0 Å². The van der Waals surface area contributed by atoms with E-state index in [0.29, 0.717) is 22.6 Å². The molecule has 156 valence electrons. The molecule has 4 aromatic rings. The van der Waals surface area contributed by atoms with Gasteiger partial charge in [-0.1, -0.05) is 45.0 Å². The van der Waals surface area contributed by atoms with Gasteiger partial charge in [-0.25, -0.2) is 4.39 Å². The second kappa shape index (κ2) is 8.07. The number of imidazole rings is 1. The van der Waals surface area contributed by atoms with Gasteiger partial charge < -0.3 is 9.97 Å². The van der Waals surface area contributed by atoms with Crippen LogP contribution in [0.5, 0.6) is 0 Å². The van der Waals surface area contributed by atoms with Crippen molar-refractivity contribution < 1.29 is 47.1 Å². The van der Waals surface area contributed by atoms with Gasteiger partial charge in [0.2, 0.25) is 0 Å². The number of nitrogens with zero attached hydrogens (tertiary/aromatic N) is 4. The van der Waals surface area contributed by atoms with Gasteiger partial charge in [-0.15, -0.1) is 0 Å². The molecule has 2 aromatic heterocycles. The summed E-state index contributed by atoms with van der Waals surface area (Å²) in [5, 5.41) is 4.51. The van der Waals surface area contributed by atoms with Crippen molar-refractivity contribution in [1.29, 1.82) is 0 Å². The average Bonchev–Trinajstić information content (AvgIpc) is 3.22. The third-order valence-corrected chi connectivity index (χ3v) is 4.91. The molecule has 0 unspecified atom stereocenters. The summed E-state index contributed by atoms with van der Waals surface area (Å²) in [6.45, 7) is 6.13. The predicted molar refractivity (Wildman–Crippen MR) is 106 cm³/mol. The van der Waals surface area contributed by atoms with Crippen LogP contribution in [-0.2, 0) is 18.6 Å². The molecule has 2 heterocycles. The summed E-state index contributed by atoms with van der Waals surface area (Å²) in [7, 11) is 1.78. The van der Waals surface area contributed by atoms with Gasteiger partial charge in [0.1, 0.15) is 5.82 Å². The fourth-order valence-electron chi connectivity index (χ4n) is 3.33. The molecule has 9 heteroatoms. The standard InChI is InChI=1S/C22H19F4N4.Na/c1-21(2,3)18-11-17(30(4)29-18)20-27-15-9-8-12(10-16(15)28-20)19-13(22(24,25)26)6-5-7-14(19)23;/h5-11H,1-4H3;/q-1;+1. The Balaban J connectivity index is 0.00000272. The van der Waals surface area contributed by atoms with Crippen molar-refractivity contribution in [2.24, 2.45) is 7.05 Å². The molecule has 4 rings (SSSR count). The Morgan fingerprint density at radius 3 is 2.32 bits per heavy atom. The minimum Gasteiger partial charge on any atom is -0.434 e. The van der Waals surface area contributed by atoms with Crippen LogP contribution in [0.25, 0.3) is 33.7 Å². The minimum atomic E-state index is -4.67. The molecular formula is C22H19F4N4Na.